The number of nitrogens with one attached hydrogen (secondary N) is 1. The van der Waals surface area contributed by atoms with Crippen LogP contribution in [0, 0.1) is 5.41 Å². The first kappa shape index (κ1) is 24.6. The highest BCUT2D eigenvalue weighted by atomic mass is 16.5. The van der Waals surface area contributed by atoms with Gasteiger partial charge in [-0.25, -0.2) is 0 Å². The maximum absolute atomic E-state index is 12.7. The average Bonchev–Trinajstić information content (AvgIpc) is 2.58. The summed E-state index contributed by atoms with van der Waals surface area (Å²) in [5.74, 6) is -0.407. The SMILES string of the molecule is CC(C)c1cccc(C(C)C)c1OC(=O)CC(C)(C)CNC(=O)[C@@H](N)CC(N)=O. The summed E-state index contributed by atoms with van der Waals surface area (Å²) < 4.78 is 5.80. The minimum absolute atomic E-state index is 0.113. The van der Waals surface area contributed by atoms with Crippen LogP contribution >= 0.6 is 0 Å². The van der Waals surface area contributed by atoms with Crippen LogP contribution in [0.1, 0.15) is 77.3 Å². The highest BCUT2D eigenvalue weighted by Gasteiger charge is 2.27. The molecule has 0 aromatic heterocycles. The van der Waals surface area contributed by atoms with E-state index in [2.05, 4.69) is 33.0 Å². The van der Waals surface area contributed by atoms with Gasteiger partial charge in [-0.3, -0.25) is 14.4 Å². The van der Waals surface area contributed by atoms with Crippen LogP contribution in [-0.2, 0) is 14.4 Å². The molecule has 1 atom stereocenters. The maximum atomic E-state index is 12.7. The molecule has 0 aliphatic heterocycles. The molecule has 7 nitrogen and oxygen atoms in total. The predicted molar refractivity (Wildman–Crippen MR) is 113 cm³/mol. The highest BCUT2D eigenvalue weighted by molar-refractivity contribution is 5.87. The third-order valence-corrected chi connectivity index (χ3v) is 4.66. The fraction of sp³-hybridized carbons (Fsp3) is 0.591. The summed E-state index contributed by atoms with van der Waals surface area (Å²) in [4.78, 5) is 35.5. The third-order valence-electron chi connectivity index (χ3n) is 4.66. The summed E-state index contributed by atoms with van der Waals surface area (Å²) in [6, 6.07) is 4.94. The quantitative estimate of drug-likeness (QED) is 0.407. The number of hydrogen-bond donors (Lipinski definition) is 3. The van der Waals surface area contributed by atoms with Crippen LogP contribution < -0.4 is 21.5 Å². The normalized spacial score (nSPS) is 12.7. The third kappa shape index (κ3) is 7.85. The van der Waals surface area contributed by atoms with Crippen molar-refractivity contribution in [3.05, 3.63) is 29.3 Å². The molecular weight excluding hydrogens is 370 g/mol. The van der Waals surface area contributed by atoms with Crippen LogP contribution in [-0.4, -0.2) is 30.4 Å². The first-order chi connectivity index (χ1) is 13.3. The van der Waals surface area contributed by atoms with Crippen LogP contribution in [0.2, 0.25) is 0 Å². The molecule has 2 amide bonds. The van der Waals surface area contributed by atoms with Gasteiger partial charge in [0.15, 0.2) is 0 Å². The van der Waals surface area contributed by atoms with E-state index in [0.29, 0.717) is 5.75 Å². The zero-order valence-corrected chi connectivity index (χ0v) is 18.4. The zero-order valence-electron chi connectivity index (χ0n) is 18.4. The Kier molecular flexibility index (Phi) is 8.82. The topological polar surface area (TPSA) is 125 Å². The number of primary amides is 1. The van der Waals surface area contributed by atoms with Crippen molar-refractivity contribution >= 4 is 17.8 Å². The second-order valence-electron chi connectivity index (χ2n) is 8.88. The molecule has 5 N–H and O–H groups in total. The largest absolute Gasteiger partial charge is 0.426 e. The molecule has 0 bridgehead atoms. The van der Waals surface area contributed by atoms with Gasteiger partial charge in [0.05, 0.1) is 18.9 Å². The van der Waals surface area contributed by atoms with Gasteiger partial charge in [-0.05, 0) is 28.4 Å². The van der Waals surface area contributed by atoms with E-state index in [1.165, 1.54) is 0 Å². The Bertz CT molecular complexity index is 715. The standard InChI is InChI=1S/C22H35N3O4/c1-13(2)15-8-7-9-16(14(3)4)20(15)29-19(27)11-22(5,6)12-25-21(28)17(23)10-18(24)26/h7-9,13-14,17H,10-12,23H2,1-6H3,(H2,24,26)(H,25,28)/t17-/m0/s1. The number of nitrogens with two attached hydrogens (primary N) is 2. The number of amides is 2. The molecule has 7 heteroatoms. The second-order valence-corrected chi connectivity index (χ2v) is 8.88. The van der Waals surface area contributed by atoms with Crippen LogP contribution in [0.3, 0.4) is 0 Å². The molecule has 0 radical (unpaired) electrons. The first-order valence-electron chi connectivity index (χ1n) is 9.99. The lowest BCUT2D eigenvalue weighted by atomic mass is 9.89. The molecule has 29 heavy (non-hydrogen) atoms. The van der Waals surface area contributed by atoms with Crippen molar-refractivity contribution in [3.63, 3.8) is 0 Å². The number of rotatable bonds is 10. The lowest BCUT2D eigenvalue weighted by Crippen LogP contribution is -2.46. The number of carbonyl (C=O) groups excluding carboxylic acids is 3. The Hall–Kier alpha value is -2.41. The number of benzene rings is 1. The van der Waals surface area contributed by atoms with Crippen LogP contribution in [0.4, 0.5) is 0 Å². The summed E-state index contributed by atoms with van der Waals surface area (Å²) in [6.07, 6.45) is -0.111. The molecule has 0 fully saturated rings. The van der Waals surface area contributed by atoms with Crippen molar-refractivity contribution in [1.82, 2.24) is 5.32 Å². The lowest BCUT2D eigenvalue weighted by molar-refractivity contribution is -0.137. The number of carbonyl (C=O) groups is 3. The van der Waals surface area contributed by atoms with E-state index in [1.54, 1.807) is 0 Å². The molecule has 0 spiro atoms. The molecule has 0 aliphatic carbocycles. The van der Waals surface area contributed by atoms with E-state index in [-0.39, 0.29) is 37.2 Å². The minimum atomic E-state index is -0.998. The van der Waals surface area contributed by atoms with Crippen molar-refractivity contribution in [1.29, 1.82) is 0 Å². The highest BCUT2D eigenvalue weighted by Crippen LogP contribution is 2.35. The van der Waals surface area contributed by atoms with E-state index in [4.69, 9.17) is 16.2 Å². The van der Waals surface area contributed by atoms with Crippen molar-refractivity contribution in [2.24, 2.45) is 16.9 Å². The van der Waals surface area contributed by atoms with Crippen LogP contribution in [0.5, 0.6) is 5.75 Å². The molecule has 1 rings (SSSR count). The van der Waals surface area contributed by atoms with Crippen LogP contribution in [0.15, 0.2) is 18.2 Å². The van der Waals surface area contributed by atoms with Gasteiger partial charge in [0.2, 0.25) is 11.8 Å². The first-order valence-corrected chi connectivity index (χ1v) is 9.99. The molecule has 0 unspecified atom stereocenters. The lowest BCUT2D eigenvalue weighted by Gasteiger charge is -2.26. The van der Waals surface area contributed by atoms with Crippen LogP contribution in [0.25, 0.3) is 0 Å². The van der Waals surface area contributed by atoms with Crippen molar-refractivity contribution < 1.29 is 19.1 Å². The zero-order chi connectivity index (χ0) is 22.4. The molecule has 1 aromatic rings. The number of esters is 1. The van der Waals surface area contributed by atoms with E-state index in [9.17, 15) is 14.4 Å². The van der Waals surface area contributed by atoms with Crippen molar-refractivity contribution in [2.45, 2.75) is 72.3 Å². The number of ether oxygens (including phenoxy) is 1. The fourth-order valence-electron chi connectivity index (χ4n) is 2.97. The Labute approximate surface area is 173 Å². The van der Waals surface area contributed by atoms with Gasteiger partial charge in [-0.15, -0.1) is 0 Å². The fourth-order valence-corrected chi connectivity index (χ4v) is 2.97. The van der Waals surface area contributed by atoms with E-state index < -0.39 is 23.3 Å². The Morgan fingerprint density at radius 1 is 1.07 bits per heavy atom. The monoisotopic (exact) mass is 405 g/mol. The van der Waals surface area contributed by atoms with Crippen molar-refractivity contribution in [2.75, 3.05) is 6.54 Å². The smallest absolute Gasteiger partial charge is 0.311 e. The molecule has 0 saturated heterocycles. The summed E-state index contributed by atoms with van der Waals surface area (Å²) >= 11 is 0. The van der Waals surface area contributed by atoms with E-state index in [0.717, 1.165) is 11.1 Å². The molecule has 0 saturated carbocycles. The Balaban J connectivity index is 2.81. The van der Waals surface area contributed by atoms with Gasteiger partial charge in [0.1, 0.15) is 5.75 Å². The van der Waals surface area contributed by atoms with Gasteiger partial charge in [0.25, 0.3) is 0 Å². The van der Waals surface area contributed by atoms with Gasteiger partial charge in [-0.1, -0.05) is 59.7 Å². The maximum Gasteiger partial charge on any atom is 0.311 e. The molecule has 162 valence electrons. The molecular formula is C22H35N3O4. The second kappa shape index (κ2) is 10.4. The summed E-state index contributed by atoms with van der Waals surface area (Å²) in [6.45, 7) is 12.2. The van der Waals surface area contributed by atoms with E-state index in [1.807, 2.05) is 32.0 Å². The van der Waals surface area contributed by atoms with Gasteiger partial charge < -0.3 is 21.5 Å². The Morgan fingerprint density at radius 3 is 2.03 bits per heavy atom. The molecule has 0 aliphatic rings. The van der Waals surface area contributed by atoms with Crippen molar-refractivity contribution in [3.8, 4) is 5.75 Å². The summed E-state index contributed by atoms with van der Waals surface area (Å²) in [5.41, 5.74) is 12.1. The van der Waals surface area contributed by atoms with Gasteiger partial charge in [0, 0.05) is 6.54 Å². The summed E-state index contributed by atoms with van der Waals surface area (Å²) in [5, 5.41) is 2.68. The average molecular weight is 406 g/mol. The Morgan fingerprint density at radius 2 is 1.59 bits per heavy atom. The minimum Gasteiger partial charge on any atom is -0.426 e. The number of hydrogen-bond acceptors (Lipinski definition) is 5. The molecule has 0 heterocycles. The number of para-hydroxylation sites is 1. The van der Waals surface area contributed by atoms with Gasteiger partial charge in [-0.2, -0.15) is 0 Å². The summed E-state index contributed by atoms with van der Waals surface area (Å²) in [7, 11) is 0. The van der Waals surface area contributed by atoms with Gasteiger partial charge >= 0.3 is 5.97 Å². The molecule has 1 aromatic carbocycles. The van der Waals surface area contributed by atoms with E-state index >= 15 is 0 Å². The predicted octanol–water partition coefficient (Wildman–Crippen LogP) is 2.57.